The molecular formula is C26H35Cl2F3N4S. The first-order valence-electron chi connectivity index (χ1n) is 12.4. The van der Waals surface area contributed by atoms with Crippen LogP contribution < -0.4 is 16.0 Å². The molecular weight excluding hydrogens is 528 g/mol. The van der Waals surface area contributed by atoms with E-state index in [1.807, 2.05) is 0 Å². The summed E-state index contributed by atoms with van der Waals surface area (Å²) in [6, 6.07) is 9.36. The van der Waals surface area contributed by atoms with Crippen LogP contribution in [-0.4, -0.2) is 50.2 Å². The molecule has 200 valence electrons. The number of nitrogens with zero attached hydrogens (tertiary/aromatic N) is 2. The number of nitrogens with two attached hydrogens (primary N) is 1. The van der Waals surface area contributed by atoms with Gasteiger partial charge >= 0.3 is 6.18 Å². The Balaban J connectivity index is 0.00000180. The number of likely N-dealkylation sites (tertiary alicyclic amines) is 1. The second-order valence-electron chi connectivity index (χ2n) is 9.67. The van der Waals surface area contributed by atoms with Crippen molar-refractivity contribution in [2.24, 2.45) is 5.73 Å². The minimum absolute atomic E-state index is 0. The maximum atomic E-state index is 13.8. The summed E-state index contributed by atoms with van der Waals surface area (Å²) in [5.41, 5.74) is 9.10. The van der Waals surface area contributed by atoms with Crippen LogP contribution in [0.5, 0.6) is 0 Å². The van der Waals surface area contributed by atoms with Crippen LogP contribution in [0.2, 0.25) is 0 Å². The molecule has 0 amide bonds. The Labute approximate surface area is 228 Å². The monoisotopic (exact) mass is 562 g/mol. The first-order chi connectivity index (χ1) is 16.4. The number of anilines is 2. The number of halogens is 5. The van der Waals surface area contributed by atoms with Crippen molar-refractivity contribution < 1.29 is 13.2 Å². The quantitative estimate of drug-likeness (QED) is 0.375. The maximum absolute atomic E-state index is 13.8. The molecule has 2 saturated heterocycles. The van der Waals surface area contributed by atoms with E-state index in [-0.39, 0.29) is 30.9 Å². The van der Waals surface area contributed by atoms with Crippen molar-refractivity contribution in [3.05, 3.63) is 47.0 Å². The largest absolute Gasteiger partial charge is 0.416 e. The summed E-state index contributed by atoms with van der Waals surface area (Å²) in [6.45, 7) is 5.46. The van der Waals surface area contributed by atoms with Gasteiger partial charge in [0.25, 0.3) is 0 Å². The maximum Gasteiger partial charge on any atom is 0.416 e. The zero-order valence-corrected chi connectivity index (χ0v) is 22.7. The van der Waals surface area contributed by atoms with Gasteiger partial charge in [0.15, 0.2) is 0 Å². The van der Waals surface area contributed by atoms with E-state index < -0.39 is 11.7 Å². The van der Waals surface area contributed by atoms with Crippen LogP contribution in [0.1, 0.15) is 48.8 Å². The zero-order valence-electron chi connectivity index (χ0n) is 20.3. The number of hydrogen-bond donors (Lipinski definition) is 2. The Morgan fingerprint density at radius 1 is 0.944 bits per heavy atom. The summed E-state index contributed by atoms with van der Waals surface area (Å²) in [7, 11) is 0. The highest BCUT2D eigenvalue weighted by molar-refractivity contribution is 7.99. The smallest absolute Gasteiger partial charge is 0.382 e. The Kier molecular flexibility index (Phi) is 10.1. The molecule has 4 nitrogen and oxygen atoms in total. The number of fused-ring (bicyclic) bond motifs is 2. The molecule has 36 heavy (non-hydrogen) atoms. The van der Waals surface area contributed by atoms with Crippen molar-refractivity contribution in [1.29, 1.82) is 0 Å². The molecule has 0 aliphatic carbocycles. The molecule has 5 rings (SSSR count). The molecule has 0 atom stereocenters. The number of benzene rings is 2. The predicted octanol–water partition coefficient (Wildman–Crippen LogP) is 6.43. The van der Waals surface area contributed by atoms with E-state index >= 15 is 0 Å². The molecule has 0 saturated carbocycles. The minimum Gasteiger partial charge on any atom is -0.382 e. The molecule has 3 heterocycles. The first kappa shape index (κ1) is 29.2. The van der Waals surface area contributed by atoms with Gasteiger partial charge in [0.05, 0.1) is 5.56 Å². The van der Waals surface area contributed by atoms with Gasteiger partial charge in [-0.15, -0.1) is 24.8 Å². The standard InChI is InChI=1S/C26H33F3N4S.2ClH/c27-26(28,29)19-15-23(31-20-6-11-32(12-7-20)13-8-30)22-14-18-4-5-21(33-9-2-1-3-10-33)17-24(18)34-25(22)16-19;;/h4-5,15-17,20,31H,1-3,6-14,30H2;2*1H. The average Bonchev–Trinajstić information content (AvgIpc) is 2.84. The third-order valence-electron chi connectivity index (χ3n) is 7.29. The number of hydrogen-bond acceptors (Lipinski definition) is 5. The van der Waals surface area contributed by atoms with E-state index in [4.69, 9.17) is 5.73 Å². The lowest BCUT2D eigenvalue weighted by Gasteiger charge is -2.34. The lowest BCUT2D eigenvalue weighted by molar-refractivity contribution is -0.137. The van der Waals surface area contributed by atoms with Gasteiger partial charge in [-0.3, -0.25) is 0 Å². The van der Waals surface area contributed by atoms with Gasteiger partial charge in [-0.05, 0) is 67.5 Å². The fourth-order valence-electron chi connectivity index (χ4n) is 5.36. The fourth-order valence-corrected chi connectivity index (χ4v) is 6.54. The summed E-state index contributed by atoms with van der Waals surface area (Å²) in [5.74, 6) is 0. The van der Waals surface area contributed by atoms with E-state index in [1.165, 1.54) is 54.4 Å². The zero-order chi connectivity index (χ0) is 23.7. The molecule has 3 aliphatic rings. The molecule has 0 unspecified atom stereocenters. The van der Waals surface area contributed by atoms with Gasteiger partial charge < -0.3 is 20.9 Å². The van der Waals surface area contributed by atoms with Gasteiger partial charge in [-0.25, -0.2) is 0 Å². The highest BCUT2D eigenvalue weighted by atomic mass is 35.5. The van der Waals surface area contributed by atoms with E-state index in [1.54, 1.807) is 0 Å². The van der Waals surface area contributed by atoms with Gasteiger partial charge in [0.1, 0.15) is 0 Å². The van der Waals surface area contributed by atoms with Gasteiger partial charge in [-0.1, -0.05) is 17.8 Å². The van der Waals surface area contributed by atoms with Gasteiger partial charge in [0, 0.05) is 72.9 Å². The first-order valence-corrected chi connectivity index (χ1v) is 13.2. The van der Waals surface area contributed by atoms with Crippen LogP contribution in [0.25, 0.3) is 0 Å². The molecule has 3 N–H and O–H groups in total. The summed E-state index contributed by atoms with van der Waals surface area (Å²) in [6.07, 6.45) is 1.77. The molecule has 2 fully saturated rings. The second kappa shape index (κ2) is 12.5. The predicted molar refractivity (Wildman–Crippen MR) is 148 cm³/mol. The molecule has 10 heteroatoms. The highest BCUT2D eigenvalue weighted by Crippen LogP contribution is 2.46. The van der Waals surface area contributed by atoms with Crippen LogP contribution in [-0.2, 0) is 12.6 Å². The van der Waals surface area contributed by atoms with Crippen LogP contribution >= 0.6 is 36.6 Å². The molecule has 0 bridgehead atoms. The Morgan fingerprint density at radius 2 is 1.67 bits per heavy atom. The van der Waals surface area contributed by atoms with Crippen LogP contribution in [0, 0.1) is 0 Å². The second-order valence-corrected chi connectivity index (χ2v) is 10.7. The third kappa shape index (κ3) is 6.57. The molecule has 2 aromatic carbocycles. The normalized spacial score (nSPS) is 18.5. The molecule has 0 radical (unpaired) electrons. The molecule has 3 aliphatic heterocycles. The molecule has 0 aromatic heterocycles. The van der Waals surface area contributed by atoms with Crippen molar-refractivity contribution in [3.63, 3.8) is 0 Å². The van der Waals surface area contributed by atoms with Crippen molar-refractivity contribution >= 4 is 48.0 Å². The lowest BCUT2D eigenvalue weighted by atomic mass is 9.97. The number of piperidine rings is 2. The van der Waals surface area contributed by atoms with Crippen molar-refractivity contribution in [2.75, 3.05) is 49.5 Å². The molecule has 2 aromatic rings. The van der Waals surface area contributed by atoms with E-state index in [0.29, 0.717) is 18.7 Å². The Morgan fingerprint density at radius 3 is 2.33 bits per heavy atom. The van der Waals surface area contributed by atoms with E-state index in [9.17, 15) is 13.2 Å². The number of alkyl halides is 3. The number of nitrogens with one attached hydrogen (secondary N) is 1. The Hall–Kier alpha value is -1.32. The van der Waals surface area contributed by atoms with Crippen molar-refractivity contribution in [2.45, 2.75) is 60.5 Å². The van der Waals surface area contributed by atoms with Gasteiger partial charge in [0.2, 0.25) is 0 Å². The van der Waals surface area contributed by atoms with Crippen molar-refractivity contribution in [1.82, 2.24) is 4.90 Å². The molecule has 0 spiro atoms. The topological polar surface area (TPSA) is 44.5 Å². The minimum atomic E-state index is -4.37. The van der Waals surface area contributed by atoms with Crippen molar-refractivity contribution in [3.8, 4) is 0 Å². The SMILES string of the molecule is Cl.Cl.NCCN1CCC(Nc2cc(C(F)(F)F)cc3c2Cc2ccc(N4CCCCC4)cc2S3)CC1. The van der Waals surface area contributed by atoms with Crippen LogP contribution in [0.15, 0.2) is 40.1 Å². The Bertz CT molecular complexity index is 1020. The average molecular weight is 564 g/mol. The van der Waals surface area contributed by atoms with Crippen LogP contribution in [0.4, 0.5) is 24.5 Å². The number of rotatable bonds is 5. The summed E-state index contributed by atoms with van der Waals surface area (Å²) >= 11 is 1.49. The summed E-state index contributed by atoms with van der Waals surface area (Å²) in [5, 5.41) is 3.50. The third-order valence-corrected chi connectivity index (χ3v) is 8.47. The lowest BCUT2D eigenvalue weighted by Crippen LogP contribution is -2.41. The fraction of sp³-hybridized carbons (Fsp3) is 0.538. The van der Waals surface area contributed by atoms with Gasteiger partial charge in [-0.2, -0.15) is 13.2 Å². The van der Waals surface area contributed by atoms with Crippen LogP contribution in [0.3, 0.4) is 0 Å². The van der Waals surface area contributed by atoms with E-state index in [2.05, 4.69) is 33.3 Å². The summed E-state index contributed by atoms with van der Waals surface area (Å²) < 4.78 is 41.4. The highest BCUT2D eigenvalue weighted by Gasteiger charge is 2.34. The van der Waals surface area contributed by atoms with E-state index in [0.717, 1.165) is 60.9 Å². The summed E-state index contributed by atoms with van der Waals surface area (Å²) in [4.78, 5) is 6.53.